The van der Waals surface area contributed by atoms with E-state index in [4.69, 9.17) is 4.74 Å². The molecular formula is C11H19F3O. The predicted molar refractivity (Wildman–Crippen MR) is 52.6 cm³/mol. The molecule has 0 bridgehead atoms. The second-order valence-corrected chi connectivity index (χ2v) is 4.69. The van der Waals surface area contributed by atoms with E-state index in [1.807, 2.05) is 20.8 Å². The minimum Gasteiger partial charge on any atom is -0.374 e. The van der Waals surface area contributed by atoms with Crippen molar-refractivity contribution in [2.24, 2.45) is 11.8 Å². The zero-order valence-electron chi connectivity index (χ0n) is 9.47. The topological polar surface area (TPSA) is 9.23 Å². The standard InChI is InChI=1S/C11H19F3O/c1-4-8-5-9(6-11(12,13)14)15-10(8)7(2)3/h7-10H,4-6H2,1-3H3. The van der Waals surface area contributed by atoms with E-state index >= 15 is 0 Å². The number of halogens is 3. The fourth-order valence-corrected chi connectivity index (χ4v) is 2.35. The fourth-order valence-electron chi connectivity index (χ4n) is 2.35. The molecule has 4 heteroatoms. The van der Waals surface area contributed by atoms with Crippen LogP contribution in [0.2, 0.25) is 0 Å². The average molecular weight is 224 g/mol. The fraction of sp³-hybridized carbons (Fsp3) is 1.00. The third kappa shape index (κ3) is 3.67. The van der Waals surface area contributed by atoms with Crippen LogP contribution in [0.3, 0.4) is 0 Å². The van der Waals surface area contributed by atoms with Crippen molar-refractivity contribution in [1.82, 2.24) is 0 Å². The Bertz CT molecular complexity index is 200. The Balaban J connectivity index is 2.53. The van der Waals surface area contributed by atoms with E-state index in [1.165, 1.54) is 0 Å². The lowest BCUT2D eigenvalue weighted by Gasteiger charge is -2.21. The zero-order valence-corrected chi connectivity index (χ0v) is 9.47. The first-order valence-electron chi connectivity index (χ1n) is 5.55. The summed E-state index contributed by atoms with van der Waals surface area (Å²) in [6, 6.07) is 0. The van der Waals surface area contributed by atoms with Crippen LogP contribution in [-0.2, 0) is 4.74 Å². The Kier molecular flexibility index (Phi) is 4.04. The van der Waals surface area contributed by atoms with Crippen molar-refractivity contribution in [2.75, 3.05) is 0 Å². The molecule has 0 saturated carbocycles. The molecule has 1 fully saturated rings. The number of ether oxygens (including phenoxy) is 1. The van der Waals surface area contributed by atoms with Gasteiger partial charge < -0.3 is 4.74 Å². The van der Waals surface area contributed by atoms with Crippen LogP contribution < -0.4 is 0 Å². The molecule has 0 amide bonds. The van der Waals surface area contributed by atoms with Gasteiger partial charge in [0.05, 0.1) is 18.6 Å². The minimum absolute atomic E-state index is 0.00218. The summed E-state index contributed by atoms with van der Waals surface area (Å²) in [5.41, 5.74) is 0. The Hall–Kier alpha value is -0.250. The van der Waals surface area contributed by atoms with Crippen LogP contribution in [-0.4, -0.2) is 18.4 Å². The van der Waals surface area contributed by atoms with Gasteiger partial charge in [-0.3, -0.25) is 0 Å². The summed E-state index contributed by atoms with van der Waals surface area (Å²) in [7, 11) is 0. The predicted octanol–water partition coefficient (Wildman–Crippen LogP) is 3.78. The molecule has 1 aliphatic heterocycles. The third-order valence-electron chi connectivity index (χ3n) is 3.02. The van der Waals surface area contributed by atoms with E-state index in [0.717, 1.165) is 6.42 Å². The highest BCUT2D eigenvalue weighted by Crippen LogP contribution is 2.37. The summed E-state index contributed by atoms with van der Waals surface area (Å²) in [4.78, 5) is 0. The van der Waals surface area contributed by atoms with Gasteiger partial charge in [0.2, 0.25) is 0 Å². The van der Waals surface area contributed by atoms with Gasteiger partial charge in [-0.25, -0.2) is 0 Å². The molecule has 0 spiro atoms. The number of rotatable bonds is 3. The normalized spacial score (nSPS) is 32.6. The highest BCUT2D eigenvalue weighted by molar-refractivity contribution is 4.84. The Morgan fingerprint density at radius 3 is 2.27 bits per heavy atom. The summed E-state index contributed by atoms with van der Waals surface area (Å²) in [6.45, 7) is 6.02. The van der Waals surface area contributed by atoms with Crippen LogP contribution in [0.4, 0.5) is 13.2 Å². The highest BCUT2D eigenvalue weighted by Gasteiger charge is 2.41. The molecule has 0 aromatic heterocycles. The Morgan fingerprint density at radius 1 is 1.33 bits per heavy atom. The Labute approximate surface area is 89.0 Å². The second-order valence-electron chi connectivity index (χ2n) is 4.69. The van der Waals surface area contributed by atoms with Gasteiger partial charge in [0, 0.05) is 0 Å². The molecule has 90 valence electrons. The SMILES string of the molecule is CCC1CC(CC(F)(F)F)OC1C(C)C. The molecule has 15 heavy (non-hydrogen) atoms. The van der Waals surface area contributed by atoms with Crippen LogP contribution >= 0.6 is 0 Å². The molecule has 1 aliphatic rings. The monoisotopic (exact) mass is 224 g/mol. The largest absolute Gasteiger partial charge is 0.391 e. The molecule has 0 aromatic rings. The average Bonchev–Trinajstić information content (AvgIpc) is 2.44. The van der Waals surface area contributed by atoms with Gasteiger partial charge in [0.25, 0.3) is 0 Å². The van der Waals surface area contributed by atoms with Crippen molar-refractivity contribution in [1.29, 1.82) is 0 Å². The molecule has 0 aromatic carbocycles. The van der Waals surface area contributed by atoms with Gasteiger partial charge in [0.15, 0.2) is 0 Å². The molecule has 1 rings (SSSR count). The van der Waals surface area contributed by atoms with E-state index in [9.17, 15) is 13.2 Å². The maximum Gasteiger partial charge on any atom is 0.391 e. The van der Waals surface area contributed by atoms with Crippen molar-refractivity contribution in [3.63, 3.8) is 0 Å². The third-order valence-corrected chi connectivity index (χ3v) is 3.02. The maximum atomic E-state index is 12.2. The molecule has 0 aliphatic carbocycles. The quantitative estimate of drug-likeness (QED) is 0.709. The van der Waals surface area contributed by atoms with Crippen LogP contribution in [0.25, 0.3) is 0 Å². The van der Waals surface area contributed by atoms with Crippen LogP contribution in [0.1, 0.15) is 40.0 Å². The zero-order chi connectivity index (χ0) is 11.6. The van der Waals surface area contributed by atoms with Crippen molar-refractivity contribution in [3.8, 4) is 0 Å². The van der Waals surface area contributed by atoms with Gasteiger partial charge in [-0.15, -0.1) is 0 Å². The highest BCUT2D eigenvalue weighted by atomic mass is 19.4. The first-order chi connectivity index (χ1) is 6.83. The molecule has 3 unspecified atom stereocenters. The Morgan fingerprint density at radius 2 is 1.93 bits per heavy atom. The lowest BCUT2D eigenvalue weighted by Crippen LogP contribution is -2.23. The first kappa shape index (κ1) is 12.8. The van der Waals surface area contributed by atoms with Gasteiger partial charge in [-0.1, -0.05) is 27.2 Å². The second kappa shape index (κ2) is 4.73. The molecule has 3 atom stereocenters. The van der Waals surface area contributed by atoms with E-state index in [1.54, 1.807) is 0 Å². The summed E-state index contributed by atoms with van der Waals surface area (Å²) >= 11 is 0. The van der Waals surface area contributed by atoms with Gasteiger partial charge >= 0.3 is 6.18 Å². The molecule has 1 heterocycles. The minimum atomic E-state index is -4.10. The van der Waals surface area contributed by atoms with Crippen molar-refractivity contribution in [3.05, 3.63) is 0 Å². The summed E-state index contributed by atoms with van der Waals surface area (Å²) in [6.07, 6.45) is -4.07. The lowest BCUT2D eigenvalue weighted by molar-refractivity contribution is -0.160. The molecule has 1 saturated heterocycles. The van der Waals surface area contributed by atoms with Gasteiger partial charge in [-0.05, 0) is 18.3 Å². The molecule has 1 nitrogen and oxygen atoms in total. The van der Waals surface area contributed by atoms with E-state index < -0.39 is 18.7 Å². The van der Waals surface area contributed by atoms with E-state index in [2.05, 4.69) is 0 Å². The van der Waals surface area contributed by atoms with E-state index in [0.29, 0.717) is 12.3 Å². The van der Waals surface area contributed by atoms with Gasteiger partial charge in [-0.2, -0.15) is 13.2 Å². The van der Waals surface area contributed by atoms with Crippen LogP contribution in [0, 0.1) is 11.8 Å². The summed E-state index contributed by atoms with van der Waals surface area (Å²) in [5.74, 6) is 0.588. The van der Waals surface area contributed by atoms with Crippen molar-refractivity contribution >= 4 is 0 Å². The van der Waals surface area contributed by atoms with Crippen molar-refractivity contribution in [2.45, 2.75) is 58.4 Å². The van der Waals surface area contributed by atoms with E-state index in [-0.39, 0.29) is 12.0 Å². The summed E-state index contributed by atoms with van der Waals surface area (Å²) in [5, 5.41) is 0. The molecular weight excluding hydrogens is 205 g/mol. The first-order valence-corrected chi connectivity index (χ1v) is 5.55. The lowest BCUT2D eigenvalue weighted by atomic mass is 9.89. The smallest absolute Gasteiger partial charge is 0.374 e. The summed E-state index contributed by atoms with van der Waals surface area (Å²) < 4.78 is 42.0. The number of hydrogen-bond acceptors (Lipinski definition) is 1. The van der Waals surface area contributed by atoms with Gasteiger partial charge in [0.1, 0.15) is 0 Å². The van der Waals surface area contributed by atoms with Crippen LogP contribution in [0.15, 0.2) is 0 Å². The number of hydrogen-bond donors (Lipinski definition) is 0. The maximum absolute atomic E-state index is 12.2. The molecule has 0 radical (unpaired) electrons. The molecule has 0 N–H and O–H groups in total. The number of alkyl halides is 3. The van der Waals surface area contributed by atoms with Crippen molar-refractivity contribution < 1.29 is 17.9 Å². The van der Waals surface area contributed by atoms with Crippen LogP contribution in [0.5, 0.6) is 0 Å².